The highest BCUT2D eigenvalue weighted by atomic mass is 32.2. The Kier molecular flexibility index (Phi) is 6.12. The van der Waals surface area contributed by atoms with Crippen LogP contribution in [-0.2, 0) is 25.0 Å². The largest absolute Gasteiger partial charge is 0.508 e. The van der Waals surface area contributed by atoms with E-state index >= 15 is 0 Å². The SMILES string of the molecule is O=C1C(=Cc2ccc(O)cc2)N=C(c2ccccc2)N1c1ccc2c(S(=O)(=O)O)cccc2c1S(=O)(=O)O. The van der Waals surface area contributed by atoms with Crippen LogP contribution in [-0.4, -0.2) is 42.8 Å². The Bertz CT molecular complexity index is 1880. The van der Waals surface area contributed by atoms with Crippen LogP contribution in [0.5, 0.6) is 5.75 Å². The second-order valence-electron chi connectivity index (χ2n) is 8.28. The van der Waals surface area contributed by atoms with Crippen molar-refractivity contribution < 1.29 is 35.8 Å². The van der Waals surface area contributed by atoms with E-state index < -0.39 is 35.9 Å². The van der Waals surface area contributed by atoms with Crippen molar-refractivity contribution in [2.45, 2.75) is 9.79 Å². The van der Waals surface area contributed by atoms with Crippen molar-refractivity contribution in [1.29, 1.82) is 0 Å². The van der Waals surface area contributed by atoms with E-state index in [1.807, 2.05) is 0 Å². The van der Waals surface area contributed by atoms with Crippen LogP contribution in [0.2, 0.25) is 0 Å². The number of amides is 1. The Morgan fingerprint density at radius 2 is 1.42 bits per heavy atom. The predicted molar refractivity (Wildman–Crippen MR) is 140 cm³/mol. The highest BCUT2D eigenvalue weighted by molar-refractivity contribution is 7.86. The Labute approximate surface area is 217 Å². The molecule has 192 valence electrons. The maximum atomic E-state index is 13.7. The van der Waals surface area contributed by atoms with Gasteiger partial charge in [0, 0.05) is 16.3 Å². The molecule has 1 aliphatic rings. The van der Waals surface area contributed by atoms with Gasteiger partial charge in [-0.25, -0.2) is 4.99 Å². The van der Waals surface area contributed by atoms with Crippen LogP contribution >= 0.6 is 0 Å². The fourth-order valence-corrected chi connectivity index (χ4v) is 5.80. The second-order valence-corrected chi connectivity index (χ2v) is 11.0. The first-order chi connectivity index (χ1) is 17.9. The van der Waals surface area contributed by atoms with E-state index in [4.69, 9.17) is 0 Å². The van der Waals surface area contributed by atoms with Gasteiger partial charge in [-0.1, -0.05) is 60.7 Å². The molecule has 38 heavy (non-hydrogen) atoms. The molecule has 0 bridgehead atoms. The summed E-state index contributed by atoms with van der Waals surface area (Å²) in [6.07, 6.45) is 1.45. The number of aliphatic imine (C=N–C) groups is 1. The lowest BCUT2D eigenvalue weighted by Crippen LogP contribution is -2.34. The zero-order chi connectivity index (χ0) is 27.2. The highest BCUT2D eigenvalue weighted by Gasteiger charge is 2.37. The van der Waals surface area contributed by atoms with Crippen molar-refractivity contribution in [2.75, 3.05) is 4.90 Å². The minimum atomic E-state index is -5.04. The lowest BCUT2D eigenvalue weighted by molar-refractivity contribution is -0.113. The Hall–Kier alpha value is -4.36. The normalized spacial score (nSPS) is 15.3. The molecule has 0 aromatic heterocycles. The molecular formula is C26H18N2O8S2. The average Bonchev–Trinajstić information content (AvgIpc) is 3.19. The summed E-state index contributed by atoms with van der Waals surface area (Å²) in [5.74, 6) is -0.624. The van der Waals surface area contributed by atoms with E-state index in [1.165, 1.54) is 42.5 Å². The molecule has 0 spiro atoms. The zero-order valence-corrected chi connectivity index (χ0v) is 20.9. The standard InChI is InChI=1S/C26H18N2O8S2/c29-18-11-9-16(10-12-18)15-21-26(30)28(25(27-21)17-5-2-1-3-6-17)22-14-13-19-20(24(22)38(34,35)36)7-4-8-23(19)37(31,32)33/h1-15,29H,(H,31,32,33)(H,34,35,36). The number of carbonyl (C=O) groups excluding carboxylic acids is 1. The lowest BCUT2D eigenvalue weighted by Gasteiger charge is -2.22. The number of fused-ring (bicyclic) bond motifs is 1. The number of benzene rings is 4. The summed E-state index contributed by atoms with van der Waals surface area (Å²) in [4.78, 5) is 17.9. The van der Waals surface area contributed by atoms with E-state index in [2.05, 4.69) is 4.99 Å². The number of phenolic OH excluding ortho intramolecular Hbond substituents is 1. The molecule has 0 saturated heterocycles. The average molecular weight is 551 g/mol. The van der Waals surface area contributed by atoms with Gasteiger partial charge in [-0.2, -0.15) is 16.8 Å². The number of hydrogen-bond donors (Lipinski definition) is 3. The Morgan fingerprint density at radius 1 is 0.737 bits per heavy atom. The van der Waals surface area contributed by atoms with E-state index in [0.717, 1.165) is 11.0 Å². The molecule has 0 atom stereocenters. The van der Waals surface area contributed by atoms with Crippen molar-refractivity contribution in [3.05, 3.63) is 102 Å². The summed E-state index contributed by atoms with van der Waals surface area (Å²) in [6, 6.07) is 20.4. The van der Waals surface area contributed by atoms with Gasteiger partial charge in [0.15, 0.2) is 0 Å². The van der Waals surface area contributed by atoms with Gasteiger partial charge in [0.25, 0.3) is 26.1 Å². The smallest absolute Gasteiger partial charge is 0.297 e. The Balaban J connectivity index is 1.79. The minimum absolute atomic E-state index is 0.0261. The monoisotopic (exact) mass is 550 g/mol. The number of carbonyl (C=O) groups is 1. The maximum Gasteiger partial charge on any atom is 0.297 e. The first kappa shape index (κ1) is 25.3. The molecule has 0 fully saturated rings. The molecule has 0 saturated carbocycles. The Morgan fingerprint density at radius 3 is 2.05 bits per heavy atom. The third-order valence-corrected chi connectivity index (χ3v) is 7.67. The number of hydrogen-bond acceptors (Lipinski definition) is 7. The van der Waals surface area contributed by atoms with Crippen LogP contribution in [0.15, 0.2) is 105 Å². The number of phenols is 1. The van der Waals surface area contributed by atoms with Crippen LogP contribution in [0.3, 0.4) is 0 Å². The van der Waals surface area contributed by atoms with Crippen molar-refractivity contribution >= 4 is 54.5 Å². The van der Waals surface area contributed by atoms with Gasteiger partial charge in [0.2, 0.25) is 0 Å². The fourth-order valence-electron chi connectivity index (χ4n) is 4.21. The summed E-state index contributed by atoms with van der Waals surface area (Å²) in [5, 5.41) is 9.16. The van der Waals surface area contributed by atoms with Gasteiger partial charge < -0.3 is 5.11 Å². The van der Waals surface area contributed by atoms with Gasteiger partial charge in [-0.3, -0.25) is 18.8 Å². The number of nitrogens with zero attached hydrogens (tertiary/aromatic N) is 2. The number of amidine groups is 1. The van der Waals surface area contributed by atoms with Crippen molar-refractivity contribution in [2.24, 2.45) is 4.99 Å². The maximum absolute atomic E-state index is 13.7. The predicted octanol–water partition coefficient (Wildman–Crippen LogP) is 3.87. The fraction of sp³-hybridized carbons (Fsp3) is 0. The van der Waals surface area contributed by atoms with Crippen molar-refractivity contribution in [1.82, 2.24) is 0 Å². The van der Waals surface area contributed by atoms with Crippen molar-refractivity contribution in [3.63, 3.8) is 0 Å². The van der Waals surface area contributed by atoms with Crippen molar-refractivity contribution in [3.8, 4) is 5.75 Å². The molecule has 1 aliphatic heterocycles. The highest BCUT2D eigenvalue weighted by Crippen LogP contribution is 2.38. The topological polar surface area (TPSA) is 162 Å². The van der Waals surface area contributed by atoms with Gasteiger partial charge >= 0.3 is 0 Å². The molecule has 0 aliphatic carbocycles. The number of anilines is 1. The van der Waals surface area contributed by atoms with Gasteiger partial charge in [0.1, 0.15) is 27.1 Å². The third-order valence-electron chi connectivity index (χ3n) is 5.82. The first-order valence-electron chi connectivity index (χ1n) is 10.9. The van der Waals surface area contributed by atoms with Crippen LogP contribution in [0.25, 0.3) is 16.8 Å². The van der Waals surface area contributed by atoms with Crippen LogP contribution < -0.4 is 4.90 Å². The van der Waals surface area contributed by atoms with Crippen LogP contribution in [0.1, 0.15) is 11.1 Å². The second kappa shape index (κ2) is 9.19. The molecule has 5 rings (SSSR count). The van der Waals surface area contributed by atoms with Gasteiger partial charge in [-0.15, -0.1) is 0 Å². The van der Waals surface area contributed by atoms with E-state index in [0.29, 0.717) is 11.1 Å². The lowest BCUT2D eigenvalue weighted by atomic mass is 10.1. The molecule has 4 aromatic rings. The van der Waals surface area contributed by atoms with E-state index in [9.17, 15) is 35.8 Å². The summed E-state index contributed by atoms with van der Waals surface area (Å²) >= 11 is 0. The van der Waals surface area contributed by atoms with E-state index in [-0.39, 0.29) is 33.7 Å². The molecule has 0 unspecified atom stereocenters. The van der Waals surface area contributed by atoms with Gasteiger partial charge in [0.05, 0.1) is 5.69 Å². The summed E-state index contributed by atoms with van der Waals surface area (Å²) in [7, 11) is -9.78. The molecule has 3 N–H and O–H groups in total. The minimum Gasteiger partial charge on any atom is -0.508 e. The molecule has 0 radical (unpaired) electrons. The van der Waals surface area contributed by atoms with E-state index in [1.54, 1.807) is 42.5 Å². The van der Waals surface area contributed by atoms with Crippen LogP contribution in [0.4, 0.5) is 5.69 Å². The molecular weight excluding hydrogens is 532 g/mol. The summed E-state index contributed by atoms with van der Waals surface area (Å²) < 4.78 is 69.0. The van der Waals surface area contributed by atoms with Crippen LogP contribution in [0, 0.1) is 0 Å². The molecule has 10 nitrogen and oxygen atoms in total. The molecule has 1 heterocycles. The quantitative estimate of drug-likeness (QED) is 0.249. The molecule has 1 amide bonds. The first-order valence-corrected chi connectivity index (χ1v) is 13.8. The number of rotatable bonds is 5. The molecule has 4 aromatic carbocycles. The molecule has 12 heteroatoms. The summed E-state index contributed by atoms with van der Waals surface area (Å²) in [5.41, 5.74) is 0.676. The number of aromatic hydroxyl groups is 1. The third kappa shape index (κ3) is 4.57. The zero-order valence-electron chi connectivity index (χ0n) is 19.3. The summed E-state index contributed by atoms with van der Waals surface area (Å²) in [6.45, 7) is 0. The van der Waals surface area contributed by atoms with Gasteiger partial charge in [-0.05, 0) is 35.9 Å².